The van der Waals surface area contributed by atoms with Crippen LogP contribution in [0.3, 0.4) is 0 Å². The molecular formula is C11H14O3. The third kappa shape index (κ3) is 1.60. The first-order valence-electron chi connectivity index (χ1n) is 4.89. The number of esters is 1. The van der Waals surface area contributed by atoms with Crippen LogP contribution in [0.25, 0.3) is 0 Å². The summed E-state index contributed by atoms with van der Waals surface area (Å²) < 4.78 is 10.3. The van der Waals surface area contributed by atoms with E-state index in [0.29, 0.717) is 6.61 Å². The van der Waals surface area contributed by atoms with E-state index in [0.717, 1.165) is 18.4 Å². The van der Waals surface area contributed by atoms with Crippen LogP contribution in [-0.2, 0) is 14.3 Å². The molecule has 2 aliphatic rings. The zero-order chi connectivity index (χ0) is 9.97. The molecule has 0 bridgehead atoms. The molecule has 0 aromatic heterocycles. The van der Waals surface area contributed by atoms with Gasteiger partial charge in [0.15, 0.2) is 0 Å². The van der Waals surface area contributed by atoms with Gasteiger partial charge in [-0.05, 0) is 18.4 Å². The maximum absolute atomic E-state index is 11.5. The standard InChI is InChI=1S/C11H14O3/c1-13-11(12)9-6-2-4-8-5-3-7-14-10(8)9/h3-5,9-10H,2,6-7H2,1H3/t9-,10+/m0/s1. The van der Waals surface area contributed by atoms with E-state index in [-0.39, 0.29) is 18.0 Å². The summed E-state index contributed by atoms with van der Waals surface area (Å²) in [5.41, 5.74) is 1.12. The molecule has 1 aliphatic carbocycles. The Kier molecular flexibility index (Phi) is 2.68. The summed E-state index contributed by atoms with van der Waals surface area (Å²) in [5, 5.41) is 0. The van der Waals surface area contributed by atoms with Crippen LogP contribution in [0.4, 0.5) is 0 Å². The molecule has 0 aromatic carbocycles. The molecule has 0 saturated carbocycles. The topological polar surface area (TPSA) is 35.5 Å². The summed E-state index contributed by atoms with van der Waals surface area (Å²) in [6.45, 7) is 0.593. The van der Waals surface area contributed by atoms with Gasteiger partial charge in [-0.1, -0.05) is 18.2 Å². The minimum atomic E-state index is -0.157. The van der Waals surface area contributed by atoms with Gasteiger partial charge < -0.3 is 9.47 Å². The van der Waals surface area contributed by atoms with Crippen molar-refractivity contribution in [3.63, 3.8) is 0 Å². The lowest BCUT2D eigenvalue weighted by Crippen LogP contribution is -2.36. The molecule has 0 saturated heterocycles. The quantitative estimate of drug-likeness (QED) is 0.593. The van der Waals surface area contributed by atoms with Crippen LogP contribution >= 0.6 is 0 Å². The summed E-state index contributed by atoms with van der Waals surface area (Å²) in [7, 11) is 1.43. The van der Waals surface area contributed by atoms with Gasteiger partial charge in [-0.15, -0.1) is 0 Å². The number of hydrogen-bond donors (Lipinski definition) is 0. The van der Waals surface area contributed by atoms with Crippen molar-refractivity contribution in [1.29, 1.82) is 0 Å². The number of allylic oxidation sites excluding steroid dienone is 1. The fraction of sp³-hybridized carbons (Fsp3) is 0.545. The Bertz CT molecular complexity index is 291. The average molecular weight is 194 g/mol. The van der Waals surface area contributed by atoms with Crippen LogP contribution < -0.4 is 0 Å². The van der Waals surface area contributed by atoms with Gasteiger partial charge in [-0.2, -0.15) is 0 Å². The van der Waals surface area contributed by atoms with Gasteiger partial charge in [0, 0.05) is 0 Å². The fourth-order valence-corrected chi connectivity index (χ4v) is 2.04. The van der Waals surface area contributed by atoms with Crippen LogP contribution in [-0.4, -0.2) is 25.8 Å². The molecule has 14 heavy (non-hydrogen) atoms. The normalized spacial score (nSPS) is 30.5. The highest BCUT2D eigenvalue weighted by Crippen LogP contribution is 2.30. The second-order valence-electron chi connectivity index (χ2n) is 3.57. The van der Waals surface area contributed by atoms with E-state index in [1.54, 1.807) is 0 Å². The minimum Gasteiger partial charge on any atom is -0.469 e. The lowest BCUT2D eigenvalue weighted by Gasteiger charge is -2.31. The predicted molar refractivity (Wildman–Crippen MR) is 51.7 cm³/mol. The Balaban J connectivity index is 2.19. The van der Waals surface area contributed by atoms with Crippen molar-refractivity contribution in [1.82, 2.24) is 0 Å². The SMILES string of the molecule is COC(=O)[C@H]1CCC=C2C=CCO[C@H]21. The summed E-state index contributed by atoms with van der Waals surface area (Å²) in [4.78, 5) is 11.5. The largest absolute Gasteiger partial charge is 0.469 e. The smallest absolute Gasteiger partial charge is 0.311 e. The zero-order valence-electron chi connectivity index (χ0n) is 8.23. The number of carbonyl (C=O) groups is 1. The van der Waals surface area contributed by atoms with Gasteiger partial charge in [0.1, 0.15) is 0 Å². The summed E-state index contributed by atoms with van der Waals surface area (Å²) in [5.74, 6) is -0.277. The Labute approximate surface area is 83.4 Å². The van der Waals surface area contributed by atoms with Crippen molar-refractivity contribution in [3.05, 3.63) is 23.8 Å². The molecule has 0 N–H and O–H groups in total. The van der Waals surface area contributed by atoms with Crippen molar-refractivity contribution in [3.8, 4) is 0 Å². The van der Waals surface area contributed by atoms with Crippen LogP contribution in [0.1, 0.15) is 12.8 Å². The number of rotatable bonds is 1. The van der Waals surface area contributed by atoms with Gasteiger partial charge in [-0.25, -0.2) is 0 Å². The third-order valence-corrected chi connectivity index (χ3v) is 2.74. The number of hydrogen-bond acceptors (Lipinski definition) is 3. The molecule has 0 fully saturated rings. The van der Waals surface area contributed by atoms with Crippen LogP contribution in [0.15, 0.2) is 23.8 Å². The first kappa shape index (κ1) is 9.46. The highest BCUT2D eigenvalue weighted by molar-refractivity contribution is 5.74. The molecular weight excluding hydrogens is 180 g/mol. The molecule has 0 radical (unpaired) electrons. The van der Waals surface area contributed by atoms with Crippen molar-refractivity contribution in [2.75, 3.05) is 13.7 Å². The number of methoxy groups -OCH3 is 1. The van der Waals surface area contributed by atoms with Gasteiger partial charge in [0.25, 0.3) is 0 Å². The van der Waals surface area contributed by atoms with Gasteiger partial charge >= 0.3 is 5.97 Å². The highest BCUT2D eigenvalue weighted by atomic mass is 16.5. The fourth-order valence-electron chi connectivity index (χ4n) is 2.04. The van der Waals surface area contributed by atoms with E-state index >= 15 is 0 Å². The molecule has 2 rings (SSSR count). The Hall–Kier alpha value is -1.09. The van der Waals surface area contributed by atoms with Crippen molar-refractivity contribution < 1.29 is 14.3 Å². The first-order chi connectivity index (χ1) is 6.83. The van der Waals surface area contributed by atoms with Crippen molar-refractivity contribution in [2.45, 2.75) is 18.9 Å². The number of ether oxygens (including phenoxy) is 2. The van der Waals surface area contributed by atoms with E-state index in [4.69, 9.17) is 9.47 Å². The molecule has 0 amide bonds. The Morgan fingerprint density at radius 2 is 2.50 bits per heavy atom. The molecule has 0 aromatic rings. The lowest BCUT2D eigenvalue weighted by molar-refractivity contribution is -0.150. The van der Waals surface area contributed by atoms with E-state index in [1.165, 1.54) is 7.11 Å². The monoisotopic (exact) mass is 194 g/mol. The van der Waals surface area contributed by atoms with E-state index in [1.807, 2.05) is 12.2 Å². The maximum atomic E-state index is 11.5. The van der Waals surface area contributed by atoms with Gasteiger partial charge in [0.2, 0.25) is 0 Å². The molecule has 0 spiro atoms. The van der Waals surface area contributed by atoms with E-state index < -0.39 is 0 Å². The highest BCUT2D eigenvalue weighted by Gasteiger charge is 2.34. The van der Waals surface area contributed by atoms with Crippen LogP contribution in [0, 0.1) is 5.92 Å². The maximum Gasteiger partial charge on any atom is 0.311 e. The number of carbonyl (C=O) groups excluding carboxylic acids is 1. The minimum absolute atomic E-state index is 0.0822. The molecule has 3 heteroatoms. The lowest BCUT2D eigenvalue weighted by atomic mass is 9.85. The molecule has 1 aliphatic heterocycles. The first-order valence-corrected chi connectivity index (χ1v) is 4.89. The van der Waals surface area contributed by atoms with Crippen LogP contribution in [0.5, 0.6) is 0 Å². The average Bonchev–Trinajstić information content (AvgIpc) is 2.27. The summed E-state index contributed by atoms with van der Waals surface area (Å²) >= 11 is 0. The molecule has 1 heterocycles. The molecule has 3 nitrogen and oxygen atoms in total. The van der Waals surface area contributed by atoms with E-state index in [9.17, 15) is 4.79 Å². The molecule has 2 atom stereocenters. The molecule has 76 valence electrons. The Morgan fingerprint density at radius 1 is 1.64 bits per heavy atom. The zero-order valence-corrected chi connectivity index (χ0v) is 8.23. The van der Waals surface area contributed by atoms with E-state index in [2.05, 4.69) is 6.08 Å². The van der Waals surface area contributed by atoms with Crippen LogP contribution in [0.2, 0.25) is 0 Å². The Morgan fingerprint density at radius 3 is 3.29 bits per heavy atom. The number of fused-ring (bicyclic) bond motifs is 1. The summed E-state index contributed by atoms with van der Waals surface area (Å²) in [6.07, 6.45) is 7.83. The van der Waals surface area contributed by atoms with Gasteiger partial charge in [0.05, 0.1) is 25.7 Å². The van der Waals surface area contributed by atoms with Gasteiger partial charge in [-0.3, -0.25) is 4.79 Å². The predicted octanol–water partition coefficient (Wildman–Crippen LogP) is 1.45. The molecule has 0 unspecified atom stereocenters. The summed E-state index contributed by atoms with van der Waals surface area (Å²) in [6, 6.07) is 0. The second-order valence-corrected chi connectivity index (χ2v) is 3.57. The third-order valence-electron chi connectivity index (χ3n) is 2.74. The van der Waals surface area contributed by atoms with Crippen molar-refractivity contribution >= 4 is 5.97 Å². The second kappa shape index (κ2) is 3.96. The van der Waals surface area contributed by atoms with Crippen molar-refractivity contribution in [2.24, 2.45) is 5.92 Å².